The highest BCUT2D eigenvalue weighted by atomic mass is 16.7. The molecule has 0 heterocycles. The van der Waals surface area contributed by atoms with Gasteiger partial charge in [-0.15, -0.1) is 0 Å². The minimum Gasteiger partial charge on any atom is -0.434 e. The minimum atomic E-state index is -0.590. The first-order chi connectivity index (χ1) is 31.0. The number of carbonyl (C=O) groups is 3. The first-order valence-electron chi connectivity index (χ1n) is 26.4. The monoisotopic (exact) mass is 901 g/mol. The van der Waals surface area contributed by atoms with Gasteiger partial charge in [-0.2, -0.15) is 0 Å². The maximum Gasteiger partial charge on any atom is 0.508 e. The van der Waals surface area contributed by atoms with E-state index in [9.17, 15) is 19.5 Å². The van der Waals surface area contributed by atoms with Crippen LogP contribution in [-0.4, -0.2) is 119 Å². The van der Waals surface area contributed by atoms with Crippen LogP contribution in [0.5, 0.6) is 0 Å². The van der Waals surface area contributed by atoms with Crippen LogP contribution in [0.4, 0.5) is 14.4 Å². The van der Waals surface area contributed by atoms with Gasteiger partial charge in [0, 0.05) is 19.7 Å². The molecule has 0 atom stereocenters. The Kier molecular flexibility index (Phi) is 48.8. The van der Waals surface area contributed by atoms with Crippen molar-refractivity contribution in [1.29, 1.82) is 0 Å². The van der Waals surface area contributed by atoms with Gasteiger partial charge in [0.15, 0.2) is 0 Å². The van der Waals surface area contributed by atoms with Gasteiger partial charge in [0.05, 0.1) is 39.6 Å². The molecule has 0 fully saturated rings. The van der Waals surface area contributed by atoms with Gasteiger partial charge in [-0.3, -0.25) is 0 Å². The molecule has 12 heteroatoms. The van der Waals surface area contributed by atoms with Crippen LogP contribution in [0.3, 0.4) is 0 Å². The summed E-state index contributed by atoms with van der Waals surface area (Å²) in [5.74, 6) is 0. The van der Waals surface area contributed by atoms with Crippen LogP contribution in [0.25, 0.3) is 0 Å². The molecule has 0 aliphatic rings. The number of nitrogens with zero attached hydrogens (tertiary/aromatic N) is 2. The summed E-state index contributed by atoms with van der Waals surface area (Å²) in [6.07, 6.45) is 33.5. The molecule has 0 aliphatic heterocycles. The molecule has 0 aromatic heterocycles. The fourth-order valence-corrected chi connectivity index (χ4v) is 7.59. The summed E-state index contributed by atoms with van der Waals surface area (Å²) < 4.78 is 32.0. The van der Waals surface area contributed by atoms with Crippen molar-refractivity contribution in [2.75, 3.05) is 85.5 Å². The summed E-state index contributed by atoms with van der Waals surface area (Å²) in [5, 5.41) is 9.22. The second-order valence-corrected chi connectivity index (χ2v) is 17.5. The molecule has 0 amide bonds. The molecule has 63 heavy (non-hydrogen) atoms. The average molecular weight is 901 g/mol. The van der Waals surface area contributed by atoms with Crippen molar-refractivity contribution in [3.63, 3.8) is 0 Å². The Balaban J connectivity index is 4.77. The molecule has 374 valence electrons. The fraction of sp³-hybridized carbons (Fsp3) is 0.941. The van der Waals surface area contributed by atoms with Crippen LogP contribution in [0.1, 0.15) is 226 Å². The van der Waals surface area contributed by atoms with Gasteiger partial charge in [0.2, 0.25) is 0 Å². The molecule has 0 bridgehead atoms. The Morgan fingerprint density at radius 1 is 0.286 bits per heavy atom. The standard InChI is InChI=1S/C51H100N2O10/c1-4-7-10-13-16-18-23-30-44-59-50(56)62-47-34-40-53(41-35-48-63-51(57)60-45-31-24-19-17-14-11-8-5-2)39-33-38-52(36-26-20-21-28-42-54)37-27-25-32-46-61-49(55)58-43-29-22-15-12-9-6-3/h54H,4-48H2,1-3H3. The lowest BCUT2D eigenvalue weighted by atomic mass is 10.1. The number of unbranched alkanes of at least 4 members (excludes halogenated alkanes) is 24. The predicted molar refractivity (Wildman–Crippen MR) is 257 cm³/mol. The van der Waals surface area contributed by atoms with Gasteiger partial charge >= 0.3 is 18.5 Å². The first kappa shape index (κ1) is 60.7. The molecule has 0 saturated heterocycles. The smallest absolute Gasteiger partial charge is 0.434 e. The summed E-state index contributed by atoms with van der Waals surface area (Å²) in [4.78, 5) is 41.3. The van der Waals surface area contributed by atoms with Crippen molar-refractivity contribution >= 4 is 18.5 Å². The second-order valence-electron chi connectivity index (χ2n) is 17.5. The van der Waals surface area contributed by atoms with Gasteiger partial charge < -0.3 is 43.3 Å². The van der Waals surface area contributed by atoms with Crippen LogP contribution in [0.2, 0.25) is 0 Å². The van der Waals surface area contributed by atoms with E-state index >= 15 is 0 Å². The van der Waals surface area contributed by atoms with Gasteiger partial charge in [0.25, 0.3) is 0 Å². The third-order valence-corrected chi connectivity index (χ3v) is 11.5. The van der Waals surface area contributed by atoms with Crippen LogP contribution in [0.15, 0.2) is 0 Å². The lowest BCUT2D eigenvalue weighted by Gasteiger charge is -2.26. The molecule has 0 aromatic carbocycles. The normalized spacial score (nSPS) is 11.3. The number of hydrogen-bond donors (Lipinski definition) is 1. The average Bonchev–Trinajstić information content (AvgIpc) is 3.28. The third-order valence-electron chi connectivity index (χ3n) is 11.5. The van der Waals surface area contributed by atoms with Crippen molar-refractivity contribution in [2.45, 2.75) is 226 Å². The van der Waals surface area contributed by atoms with Crippen molar-refractivity contribution in [3.8, 4) is 0 Å². The highest BCUT2D eigenvalue weighted by Gasteiger charge is 2.12. The molecule has 0 spiro atoms. The highest BCUT2D eigenvalue weighted by Crippen LogP contribution is 2.12. The Morgan fingerprint density at radius 2 is 0.508 bits per heavy atom. The molecule has 1 N–H and O–H groups in total. The molecule has 0 radical (unpaired) electrons. The molecular formula is C51H100N2O10. The van der Waals surface area contributed by atoms with Crippen molar-refractivity contribution in [3.05, 3.63) is 0 Å². The van der Waals surface area contributed by atoms with E-state index in [-0.39, 0.29) is 6.61 Å². The highest BCUT2D eigenvalue weighted by molar-refractivity contribution is 5.60. The number of hydrogen-bond acceptors (Lipinski definition) is 12. The van der Waals surface area contributed by atoms with Gasteiger partial charge in [-0.1, -0.05) is 156 Å². The number of aliphatic hydroxyl groups is 1. The van der Waals surface area contributed by atoms with Crippen LogP contribution >= 0.6 is 0 Å². The lowest BCUT2D eigenvalue weighted by molar-refractivity contribution is 0.0483. The van der Waals surface area contributed by atoms with E-state index in [4.69, 9.17) is 28.4 Å². The topological polar surface area (TPSA) is 133 Å². The van der Waals surface area contributed by atoms with Crippen LogP contribution < -0.4 is 0 Å². The largest absolute Gasteiger partial charge is 0.508 e. The van der Waals surface area contributed by atoms with E-state index in [1.165, 1.54) is 103 Å². The molecule has 0 saturated carbocycles. The number of rotatable bonds is 49. The molecule has 0 rings (SSSR count). The quantitative estimate of drug-likeness (QED) is 0.0354. The number of ether oxygens (including phenoxy) is 6. The summed E-state index contributed by atoms with van der Waals surface area (Å²) in [6, 6.07) is 0. The molecular weight excluding hydrogens is 801 g/mol. The lowest BCUT2D eigenvalue weighted by Crippen LogP contribution is -2.33. The zero-order chi connectivity index (χ0) is 45.9. The SMILES string of the molecule is CCCCCCCCCCOC(=O)OCCCN(CCCOC(=O)OCCCCCCCCCC)CCCN(CCCCCCO)CCCCCOC(=O)OCCCCCCCC. The van der Waals surface area contributed by atoms with Gasteiger partial charge in [-0.05, 0) is 96.8 Å². The number of carbonyl (C=O) groups excluding carboxylic acids is 3. The Morgan fingerprint density at radius 3 is 0.825 bits per heavy atom. The summed E-state index contributed by atoms with van der Waals surface area (Å²) in [7, 11) is 0. The zero-order valence-electron chi connectivity index (χ0n) is 41.3. The van der Waals surface area contributed by atoms with Crippen LogP contribution in [0, 0.1) is 0 Å². The zero-order valence-corrected chi connectivity index (χ0v) is 41.3. The van der Waals surface area contributed by atoms with Crippen molar-refractivity contribution < 1.29 is 47.9 Å². The maximum absolute atomic E-state index is 12.2. The van der Waals surface area contributed by atoms with E-state index < -0.39 is 18.5 Å². The van der Waals surface area contributed by atoms with E-state index in [1.54, 1.807) is 0 Å². The fourth-order valence-electron chi connectivity index (χ4n) is 7.59. The molecule has 12 nitrogen and oxygen atoms in total. The molecule has 0 unspecified atom stereocenters. The third kappa shape index (κ3) is 47.5. The van der Waals surface area contributed by atoms with Gasteiger partial charge in [-0.25, -0.2) is 14.4 Å². The number of aliphatic hydroxyl groups excluding tert-OH is 1. The van der Waals surface area contributed by atoms with Crippen molar-refractivity contribution in [2.24, 2.45) is 0 Å². The minimum absolute atomic E-state index is 0.241. The second kappa shape index (κ2) is 50.7. The van der Waals surface area contributed by atoms with Crippen LogP contribution in [-0.2, 0) is 28.4 Å². The van der Waals surface area contributed by atoms with E-state index in [0.29, 0.717) is 52.5 Å². The van der Waals surface area contributed by atoms with E-state index in [0.717, 1.165) is 129 Å². The Hall–Kier alpha value is -2.31. The summed E-state index contributed by atoms with van der Waals surface area (Å²) in [5.41, 5.74) is 0. The van der Waals surface area contributed by atoms with E-state index in [2.05, 4.69) is 30.6 Å². The maximum atomic E-state index is 12.2. The predicted octanol–water partition coefficient (Wildman–Crippen LogP) is 13.6. The molecule has 0 aliphatic carbocycles. The Bertz CT molecular complexity index is 932. The van der Waals surface area contributed by atoms with Crippen molar-refractivity contribution in [1.82, 2.24) is 9.80 Å². The van der Waals surface area contributed by atoms with E-state index in [1.807, 2.05) is 0 Å². The Labute approximate surface area is 386 Å². The molecule has 0 aromatic rings. The van der Waals surface area contributed by atoms with Gasteiger partial charge in [0.1, 0.15) is 0 Å². The first-order valence-corrected chi connectivity index (χ1v) is 26.4. The summed E-state index contributed by atoms with van der Waals surface area (Å²) >= 11 is 0. The summed E-state index contributed by atoms with van der Waals surface area (Å²) in [6.45, 7) is 14.5.